The van der Waals surface area contributed by atoms with Gasteiger partial charge in [-0.15, -0.1) is 0 Å². The molecule has 0 radical (unpaired) electrons. The predicted octanol–water partition coefficient (Wildman–Crippen LogP) is 3.65. The molecule has 3 rings (SSSR count). The maximum atomic E-state index is 12.6. The lowest BCUT2D eigenvalue weighted by Gasteiger charge is -2.09. The fraction of sp³-hybridized carbons (Fsp3) is 0.158. The second-order valence-corrected chi connectivity index (χ2v) is 5.29. The number of carbonyl (C=O) groups excluding carboxylic acids is 1. The van der Waals surface area contributed by atoms with Crippen LogP contribution in [0.15, 0.2) is 53.2 Å². The highest BCUT2D eigenvalue weighted by Gasteiger charge is 2.27. The fourth-order valence-corrected chi connectivity index (χ4v) is 2.54. The van der Waals surface area contributed by atoms with Crippen LogP contribution in [0.5, 0.6) is 17.2 Å². The van der Waals surface area contributed by atoms with Crippen molar-refractivity contribution in [2.24, 2.45) is 4.99 Å². The van der Waals surface area contributed by atoms with Gasteiger partial charge in [0.1, 0.15) is 5.75 Å². The maximum Gasteiger partial charge on any atom is 0.387 e. The molecule has 0 unspecified atom stereocenters. The lowest BCUT2D eigenvalue weighted by Crippen LogP contribution is -2.10. The zero-order valence-electron chi connectivity index (χ0n) is 14.4. The van der Waals surface area contributed by atoms with Gasteiger partial charge in [-0.3, -0.25) is 0 Å². The third-order valence-corrected chi connectivity index (χ3v) is 3.68. The van der Waals surface area contributed by atoms with E-state index >= 15 is 0 Å². The number of halogens is 2. The fourth-order valence-electron chi connectivity index (χ4n) is 2.54. The minimum atomic E-state index is -3.01. The van der Waals surface area contributed by atoms with E-state index in [-0.39, 0.29) is 22.9 Å². The highest BCUT2D eigenvalue weighted by molar-refractivity contribution is 6.13. The molecular formula is C19H15F2NO5. The normalized spacial score (nSPS) is 14.9. The van der Waals surface area contributed by atoms with Crippen LogP contribution in [0.3, 0.4) is 0 Å². The minimum absolute atomic E-state index is 0.0107. The Morgan fingerprint density at radius 1 is 1.04 bits per heavy atom. The molecule has 27 heavy (non-hydrogen) atoms. The number of methoxy groups -OCH3 is 2. The van der Waals surface area contributed by atoms with Crippen molar-refractivity contribution in [1.82, 2.24) is 0 Å². The van der Waals surface area contributed by atoms with Crippen LogP contribution in [0.4, 0.5) is 8.78 Å². The van der Waals surface area contributed by atoms with Crippen molar-refractivity contribution in [3.63, 3.8) is 0 Å². The molecule has 1 aliphatic rings. The van der Waals surface area contributed by atoms with Gasteiger partial charge in [0, 0.05) is 5.56 Å². The number of benzene rings is 2. The van der Waals surface area contributed by atoms with E-state index in [1.165, 1.54) is 38.5 Å². The number of rotatable bonds is 6. The number of alkyl halides is 2. The first-order chi connectivity index (χ1) is 13.0. The summed E-state index contributed by atoms with van der Waals surface area (Å²) < 4.78 is 45.3. The Kier molecular flexibility index (Phi) is 5.35. The third-order valence-electron chi connectivity index (χ3n) is 3.68. The number of carbonyl (C=O) groups is 1. The summed E-state index contributed by atoms with van der Waals surface area (Å²) in [4.78, 5) is 16.3. The summed E-state index contributed by atoms with van der Waals surface area (Å²) in [5.41, 5.74) is 0.682. The van der Waals surface area contributed by atoms with Crippen molar-refractivity contribution in [2.75, 3.05) is 14.2 Å². The van der Waals surface area contributed by atoms with Crippen molar-refractivity contribution < 1.29 is 32.5 Å². The molecule has 0 amide bonds. The molecule has 2 aromatic carbocycles. The highest BCUT2D eigenvalue weighted by Crippen LogP contribution is 2.33. The lowest BCUT2D eigenvalue weighted by atomic mass is 10.1. The van der Waals surface area contributed by atoms with Crippen molar-refractivity contribution in [2.45, 2.75) is 6.61 Å². The van der Waals surface area contributed by atoms with E-state index in [0.29, 0.717) is 17.1 Å². The van der Waals surface area contributed by atoms with E-state index < -0.39 is 12.6 Å². The topological polar surface area (TPSA) is 66.3 Å². The van der Waals surface area contributed by atoms with Crippen LogP contribution in [0.2, 0.25) is 0 Å². The number of nitrogens with zero attached hydrogens (tertiary/aromatic N) is 1. The van der Waals surface area contributed by atoms with Gasteiger partial charge < -0.3 is 18.9 Å². The molecule has 1 heterocycles. The van der Waals surface area contributed by atoms with E-state index in [1.807, 2.05) is 0 Å². The molecule has 0 aromatic heterocycles. The average Bonchev–Trinajstić information content (AvgIpc) is 3.01. The van der Waals surface area contributed by atoms with Crippen LogP contribution in [-0.2, 0) is 9.53 Å². The third kappa shape index (κ3) is 3.89. The number of esters is 1. The molecule has 8 heteroatoms. The average molecular weight is 375 g/mol. The number of cyclic esters (lactones) is 1. The second kappa shape index (κ2) is 7.86. The van der Waals surface area contributed by atoms with Gasteiger partial charge in [0.15, 0.2) is 17.2 Å². The van der Waals surface area contributed by atoms with Crippen LogP contribution in [-0.4, -0.2) is 32.7 Å². The van der Waals surface area contributed by atoms with E-state index in [4.69, 9.17) is 14.2 Å². The molecule has 0 saturated heterocycles. The summed E-state index contributed by atoms with van der Waals surface area (Å²) in [6.45, 7) is -3.01. The van der Waals surface area contributed by atoms with Gasteiger partial charge >= 0.3 is 12.6 Å². The zero-order chi connectivity index (χ0) is 19.4. The quantitative estimate of drug-likeness (QED) is 0.570. The van der Waals surface area contributed by atoms with Crippen molar-refractivity contribution >= 4 is 17.9 Å². The van der Waals surface area contributed by atoms with E-state index in [9.17, 15) is 13.6 Å². The molecule has 0 bridgehead atoms. The molecule has 0 aliphatic carbocycles. The number of para-hydroxylation sites is 2. The minimum Gasteiger partial charge on any atom is -0.493 e. The Morgan fingerprint density at radius 2 is 1.78 bits per heavy atom. The Morgan fingerprint density at radius 3 is 2.48 bits per heavy atom. The maximum absolute atomic E-state index is 12.6. The van der Waals surface area contributed by atoms with Crippen LogP contribution >= 0.6 is 0 Å². The van der Waals surface area contributed by atoms with Gasteiger partial charge in [-0.1, -0.05) is 24.3 Å². The Hall–Kier alpha value is -3.42. The van der Waals surface area contributed by atoms with Gasteiger partial charge in [-0.25, -0.2) is 9.79 Å². The molecule has 0 atom stereocenters. The van der Waals surface area contributed by atoms with Gasteiger partial charge in [0.2, 0.25) is 5.90 Å². The second-order valence-electron chi connectivity index (χ2n) is 5.29. The number of hydrogen-bond donors (Lipinski definition) is 0. The highest BCUT2D eigenvalue weighted by atomic mass is 19.3. The van der Waals surface area contributed by atoms with Crippen LogP contribution in [0.25, 0.3) is 6.08 Å². The zero-order valence-corrected chi connectivity index (χ0v) is 14.4. The molecule has 0 N–H and O–H groups in total. The molecule has 0 saturated carbocycles. The van der Waals surface area contributed by atoms with Crippen molar-refractivity contribution in [3.8, 4) is 17.2 Å². The summed E-state index contributed by atoms with van der Waals surface area (Å²) in [5, 5.41) is 0. The molecule has 6 nitrogen and oxygen atoms in total. The van der Waals surface area contributed by atoms with E-state index in [0.717, 1.165) is 0 Å². The van der Waals surface area contributed by atoms with Gasteiger partial charge in [0.05, 0.1) is 19.8 Å². The monoisotopic (exact) mass is 375 g/mol. The Bertz CT molecular complexity index is 924. The van der Waals surface area contributed by atoms with Gasteiger partial charge in [-0.05, 0) is 24.3 Å². The summed E-state index contributed by atoms with van der Waals surface area (Å²) >= 11 is 0. The largest absolute Gasteiger partial charge is 0.493 e. The summed E-state index contributed by atoms with van der Waals surface area (Å²) in [5.74, 6) is -0.0752. The molecular weight excluding hydrogens is 360 g/mol. The SMILES string of the molecule is COc1cccc(/C=C2\N=C(c3ccccc3OC(F)F)OC2=O)c1OC. The first-order valence-electron chi connectivity index (χ1n) is 7.81. The van der Waals surface area contributed by atoms with Crippen LogP contribution < -0.4 is 14.2 Å². The van der Waals surface area contributed by atoms with Crippen molar-refractivity contribution in [1.29, 1.82) is 0 Å². The summed E-state index contributed by atoms with van der Waals surface area (Å²) in [6.07, 6.45) is 1.47. The first kappa shape index (κ1) is 18.4. The predicted molar refractivity (Wildman–Crippen MR) is 93.2 cm³/mol. The molecule has 0 fully saturated rings. The summed E-state index contributed by atoms with van der Waals surface area (Å²) in [6, 6.07) is 11.1. The summed E-state index contributed by atoms with van der Waals surface area (Å²) in [7, 11) is 2.97. The Labute approximate surface area is 153 Å². The number of aliphatic imine (C=N–C) groups is 1. The standard InChI is InChI=1S/C19H15F2NO5/c1-24-15-9-5-6-11(16(15)25-2)10-13-18(23)27-17(22-13)12-7-3-4-8-14(12)26-19(20)21/h3-10,19H,1-2H3/b13-10-. The van der Waals surface area contributed by atoms with Crippen LogP contribution in [0, 0.1) is 0 Å². The molecule has 1 aliphatic heterocycles. The molecule has 0 spiro atoms. The molecule has 2 aromatic rings. The van der Waals surface area contributed by atoms with Gasteiger partial charge in [-0.2, -0.15) is 8.78 Å². The Balaban J connectivity index is 2.00. The van der Waals surface area contributed by atoms with Gasteiger partial charge in [0.25, 0.3) is 0 Å². The number of ether oxygens (including phenoxy) is 4. The van der Waals surface area contributed by atoms with Crippen molar-refractivity contribution in [3.05, 3.63) is 59.3 Å². The van der Waals surface area contributed by atoms with E-state index in [2.05, 4.69) is 9.73 Å². The first-order valence-corrected chi connectivity index (χ1v) is 7.81. The molecule has 140 valence electrons. The van der Waals surface area contributed by atoms with E-state index in [1.54, 1.807) is 24.3 Å². The number of hydrogen-bond acceptors (Lipinski definition) is 6. The smallest absolute Gasteiger partial charge is 0.387 e. The van der Waals surface area contributed by atoms with Crippen LogP contribution in [0.1, 0.15) is 11.1 Å². The lowest BCUT2D eigenvalue weighted by molar-refractivity contribution is -0.129.